The average molecular weight is 345 g/mol. The van der Waals surface area contributed by atoms with Crippen molar-refractivity contribution in [2.45, 2.75) is 94.7 Å². The maximum Gasteiger partial charge on any atom is 0.411 e. The van der Waals surface area contributed by atoms with Crippen LogP contribution in [0.4, 0.5) is 4.79 Å². The van der Waals surface area contributed by atoms with Gasteiger partial charge in [0.1, 0.15) is 17.3 Å². The Labute approximate surface area is 143 Å². The summed E-state index contributed by atoms with van der Waals surface area (Å²) in [7, 11) is 0. The van der Waals surface area contributed by atoms with Crippen LogP contribution in [0, 0.1) is 0 Å². The van der Waals surface area contributed by atoms with Gasteiger partial charge in [-0.1, -0.05) is 0 Å². The van der Waals surface area contributed by atoms with Crippen molar-refractivity contribution in [1.82, 2.24) is 21.1 Å². The van der Waals surface area contributed by atoms with Crippen LogP contribution in [0.25, 0.3) is 0 Å². The molecule has 6 nitrogen and oxygen atoms in total. The maximum atomic E-state index is 12.8. The molecule has 3 aliphatic heterocycles. The monoisotopic (exact) mass is 344 g/mol. The number of halogens is 1. The first-order chi connectivity index (χ1) is 10.5. The van der Waals surface area contributed by atoms with Crippen molar-refractivity contribution in [1.29, 1.82) is 0 Å². The van der Waals surface area contributed by atoms with E-state index in [0.29, 0.717) is 6.04 Å². The standard InChI is InChI=1S/C16H29ClN4O2/c1-14(2,3)23-13(22)21-15(4)6-7-16(21,5)9-10(8-15)18-12-11(17)19-20-12/h10-12,18-20H,6-9H2,1-5H3/t10?,11-,12?,15-,16+/m0/s1. The fraction of sp³-hybridized carbons (Fsp3) is 0.938. The lowest BCUT2D eigenvalue weighted by Crippen LogP contribution is -2.73. The zero-order valence-electron chi connectivity index (χ0n) is 14.7. The first-order valence-corrected chi connectivity index (χ1v) is 8.91. The van der Waals surface area contributed by atoms with Crippen molar-refractivity contribution in [3.05, 3.63) is 0 Å². The maximum absolute atomic E-state index is 12.8. The van der Waals surface area contributed by atoms with E-state index in [1.807, 2.05) is 25.7 Å². The Morgan fingerprint density at radius 1 is 1.22 bits per heavy atom. The van der Waals surface area contributed by atoms with Gasteiger partial charge in [0.05, 0.1) is 0 Å². The predicted octanol–water partition coefficient (Wildman–Crippen LogP) is 2.29. The number of nitrogens with zero attached hydrogens (tertiary/aromatic N) is 1. The summed E-state index contributed by atoms with van der Waals surface area (Å²) >= 11 is 6.12. The largest absolute Gasteiger partial charge is 0.444 e. The van der Waals surface area contributed by atoms with Gasteiger partial charge in [-0.25, -0.2) is 15.6 Å². The third kappa shape index (κ3) is 3.18. The van der Waals surface area contributed by atoms with Gasteiger partial charge in [-0.05, 0) is 60.3 Å². The van der Waals surface area contributed by atoms with Crippen LogP contribution in [0.2, 0.25) is 0 Å². The number of nitrogens with one attached hydrogen (secondary N) is 3. The Balaban J connectivity index is 1.73. The number of hydrogen-bond acceptors (Lipinski definition) is 5. The summed E-state index contributed by atoms with van der Waals surface area (Å²) in [6, 6.07) is 0.340. The molecule has 23 heavy (non-hydrogen) atoms. The van der Waals surface area contributed by atoms with Gasteiger partial charge in [-0.2, -0.15) is 0 Å². The van der Waals surface area contributed by atoms with Crippen molar-refractivity contribution in [2.75, 3.05) is 0 Å². The van der Waals surface area contributed by atoms with E-state index in [0.717, 1.165) is 25.7 Å². The second-order valence-electron chi connectivity index (χ2n) is 8.75. The predicted molar refractivity (Wildman–Crippen MR) is 90.0 cm³/mol. The summed E-state index contributed by atoms with van der Waals surface area (Å²) in [4.78, 5) is 14.8. The molecule has 1 amide bonds. The van der Waals surface area contributed by atoms with Crippen molar-refractivity contribution in [2.24, 2.45) is 0 Å². The number of alkyl halides is 1. The van der Waals surface area contributed by atoms with Crippen LogP contribution in [0.3, 0.4) is 0 Å². The number of carbonyl (C=O) groups excluding carboxylic acids is 1. The van der Waals surface area contributed by atoms with Crippen LogP contribution < -0.4 is 16.2 Å². The van der Waals surface area contributed by atoms with Crippen LogP contribution in [0.1, 0.15) is 60.3 Å². The molecular formula is C16H29ClN4O2. The Bertz CT molecular complexity index is 477. The molecular weight excluding hydrogens is 316 g/mol. The minimum absolute atomic E-state index is 0.0846. The zero-order valence-corrected chi connectivity index (χ0v) is 15.5. The summed E-state index contributed by atoms with van der Waals surface area (Å²) in [5.41, 5.74) is 5.14. The average Bonchev–Trinajstić information content (AvgIpc) is 2.55. The number of piperidine rings is 1. The summed E-state index contributed by atoms with van der Waals surface area (Å²) < 4.78 is 5.68. The van der Waals surface area contributed by atoms with E-state index in [1.165, 1.54) is 0 Å². The van der Waals surface area contributed by atoms with Crippen molar-refractivity contribution in [3.63, 3.8) is 0 Å². The van der Waals surface area contributed by atoms with Crippen LogP contribution in [-0.2, 0) is 4.74 Å². The molecule has 3 N–H and O–H groups in total. The highest BCUT2D eigenvalue weighted by Crippen LogP contribution is 2.51. The third-order valence-electron chi connectivity index (χ3n) is 5.31. The molecule has 3 fully saturated rings. The first-order valence-electron chi connectivity index (χ1n) is 8.47. The Morgan fingerprint density at radius 2 is 1.78 bits per heavy atom. The molecule has 132 valence electrons. The van der Waals surface area contributed by atoms with Crippen molar-refractivity contribution in [3.8, 4) is 0 Å². The molecule has 0 aromatic rings. The summed E-state index contributed by atoms with van der Waals surface area (Å²) in [5, 5.41) is 3.58. The van der Waals surface area contributed by atoms with E-state index >= 15 is 0 Å². The molecule has 5 atom stereocenters. The van der Waals surface area contributed by atoms with Gasteiger partial charge in [0, 0.05) is 17.1 Å². The zero-order chi connectivity index (χ0) is 17.0. The second kappa shape index (κ2) is 5.48. The quantitative estimate of drug-likeness (QED) is 0.530. The first kappa shape index (κ1) is 17.3. The van der Waals surface area contributed by atoms with Crippen LogP contribution >= 0.6 is 11.6 Å². The molecule has 7 heteroatoms. The number of carbonyl (C=O) groups is 1. The van der Waals surface area contributed by atoms with Crippen molar-refractivity contribution >= 4 is 17.7 Å². The fourth-order valence-corrected chi connectivity index (χ4v) is 4.61. The molecule has 0 aromatic carbocycles. The molecule has 0 aromatic heterocycles. The molecule has 3 aliphatic rings. The Kier molecular flexibility index (Phi) is 4.11. The van der Waals surface area contributed by atoms with Gasteiger partial charge in [0.2, 0.25) is 0 Å². The number of rotatable bonds is 2. The topological polar surface area (TPSA) is 65.6 Å². The van der Waals surface area contributed by atoms with E-state index in [-0.39, 0.29) is 28.8 Å². The SMILES string of the molecule is CC(C)(C)OC(=O)N1[C@@]2(C)CC[C@]1(C)CC(NC1NN[C@@H]1Cl)C2. The number of ether oxygens (including phenoxy) is 1. The van der Waals surface area contributed by atoms with Gasteiger partial charge < -0.3 is 4.74 Å². The highest BCUT2D eigenvalue weighted by molar-refractivity contribution is 6.21. The molecule has 0 aliphatic carbocycles. The lowest BCUT2D eigenvalue weighted by molar-refractivity contribution is -0.0408. The van der Waals surface area contributed by atoms with E-state index in [4.69, 9.17) is 16.3 Å². The van der Waals surface area contributed by atoms with Gasteiger partial charge in [-0.3, -0.25) is 10.2 Å². The van der Waals surface area contributed by atoms with E-state index in [2.05, 4.69) is 30.0 Å². The minimum atomic E-state index is -0.467. The highest BCUT2D eigenvalue weighted by atomic mass is 35.5. The number of fused-ring (bicyclic) bond motifs is 2. The van der Waals surface area contributed by atoms with Crippen LogP contribution in [0.5, 0.6) is 0 Å². The minimum Gasteiger partial charge on any atom is -0.444 e. The Morgan fingerprint density at radius 3 is 2.17 bits per heavy atom. The summed E-state index contributed by atoms with van der Waals surface area (Å²) in [5.74, 6) is 0. The number of hydrazine groups is 1. The van der Waals surface area contributed by atoms with Crippen LogP contribution in [-0.4, -0.2) is 45.4 Å². The second-order valence-corrected chi connectivity index (χ2v) is 9.22. The fourth-order valence-electron chi connectivity index (χ4n) is 4.41. The number of amides is 1. The summed E-state index contributed by atoms with van der Waals surface area (Å²) in [6.07, 6.45) is 3.77. The van der Waals surface area contributed by atoms with Gasteiger partial charge in [0.15, 0.2) is 0 Å². The van der Waals surface area contributed by atoms with E-state index in [1.54, 1.807) is 0 Å². The van der Waals surface area contributed by atoms with Crippen LogP contribution in [0.15, 0.2) is 0 Å². The molecule has 0 radical (unpaired) electrons. The molecule has 0 saturated carbocycles. The van der Waals surface area contributed by atoms with E-state index in [9.17, 15) is 4.79 Å². The third-order valence-corrected chi connectivity index (χ3v) is 5.68. The molecule has 3 heterocycles. The highest BCUT2D eigenvalue weighted by Gasteiger charge is 2.58. The van der Waals surface area contributed by atoms with Crippen molar-refractivity contribution < 1.29 is 9.53 Å². The Hall–Kier alpha value is -0.560. The lowest BCUT2D eigenvalue weighted by atomic mass is 9.82. The molecule has 3 saturated heterocycles. The molecule has 2 unspecified atom stereocenters. The lowest BCUT2D eigenvalue weighted by Gasteiger charge is -2.52. The molecule has 3 rings (SSSR count). The van der Waals surface area contributed by atoms with E-state index < -0.39 is 5.60 Å². The van der Waals surface area contributed by atoms with Gasteiger partial charge in [0.25, 0.3) is 0 Å². The van der Waals surface area contributed by atoms with Gasteiger partial charge >= 0.3 is 6.09 Å². The molecule has 2 bridgehead atoms. The normalized spacial score (nSPS) is 43.2. The molecule has 0 spiro atoms. The van der Waals surface area contributed by atoms with Gasteiger partial charge in [-0.15, -0.1) is 11.6 Å². The number of hydrogen-bond donors (Lipinski definition) is 3. The summed E-state index contributed by atoms with van der Waals surface area (Å²) in [6.45, 7) is 10.1. The smallest absolute Gasteiger partial charge is 0.411 e.